The standard InChI is InChI=1S/C20H32ClN3O5S/c1-5-15(6-2)18(24-9-11-29-12-10-24)14-22-20(25)16-7-8-17(21)19(13-16)30(26,27)23(3)28-4/h7-8,13,15,18H,5-6,9-12,14H2,1-4H3,(H,22,25). The monoisotopic (exact) mass is 461 g/mol. The van der Waals surface area contributed by atoms with E-state index in [-0.39, 0.29) is 27.4 Å². The number of nitrogens with zero attached hydrogens (tertiary/aromatic N) is 2. The van der Waals surface area contributed by atoms with Crippen LogP contribution in [0, 0.1) is 5.92 Å². The van der Waals surface area contributed by atoms with E-state index in [9.17, 15) is 13.2 Å². The van der Waals surface area contributed by atoms with Gasteiger partial charge in [-0.15, -0.1) is 0 Å². The Morgan fingerprint density at radius 2 is 1.93 bits per heavy atom. The largest absolute Gasteiger partial charge is 0.379 e. The summed E-state index contributed by atoms with van der Waals surface area (Å²) in [6.07, 6.45) is 2.03. The number of nitrogens with one attached hydrogen (secondary N) is 1. The molecule has 10 heteroatoms. The van der Waals surface area contributed by atoms with Crippen LogP contribution in [-0.2, 0) is 19.6 Å². The second kappa shape index (κ2) is 11.4. The lowest BCUT2D eigenvalue weighted by molar-refractivity contribution is -0.0258. The Kier molecular flexibility index (Phi) is 9.52. The molecule has 1 aliphatic rings. The molecule has 1 unspecified atom stereocenters. The third-order valence-electron chi connectivity index (χ3n) is 5.65. The molecule has 30 heavy (non-hydrogen) atoms. The lowest BCUT2D eigenvalue weighted by atomic mass is 9.92. The Hall–Kier alpha value is -1.23. The number of morpholine rings is 1. The number of halogens is 1. The van der Waals surface area contributed by atoms with Crippen molar-refractivity contribution in [1.29, 1.82) is 0 Å². The number of rotatable bonds is 10. The van der Waals surface area contributed by atoms with E-state index in [1.165, 1.54) is 32.4 Å². The van der Waals surface area contributed by atoms with E-state index in [0.29, 0.717) is 30.1 Å². The van der Waals surface area contributed by atoms with Gasteiger partial charge in [0.05, 0.1) is 25.3 Å². The van der Waals surface area contributed by atoms with Gasteiger partial charge in [0.15, 0.2) is 0 Å². The molecule has 0 aromatic heterocycles. The Morgan fingerprint density at radius 3 is 2.50 bits per heavy atom. The number of carbonyl (C=O) groups excluding carboxylic acids is 1. The highest BCUT2D eigenvalue weighted by Gasteiger charge is 2.28. The summed E-state index contributed by atoms with van der Waals surface area (Å²) in [6.45, 7) is 7.85. The van der Waals surface area contributed by atoms with E-state index < -0.39 is 10.0 Å². The van der Waals surface area contributed by atoms with Crippen molar-refractivity contribution in [2.75, 3.05) is 47.0 Å². The van der Waals surface area contributed by atoms with Crippen molar-refractivity contribution in [1.82, 2.24) is 14.7 Å². The highest BCUT2D eigenvalue weighted by atomic mass is 35.5. The van der Waals surface area contributed by atoms with Crippen molar-refractivity contribution >= 4 is 27.5 Å². The lowest BCUT2D eigenvalue weighted by Crippen LogP contribution is -2.52. The Morgan fingerprint density at radius 1 is 1.30 bits per heavy atom. The molecule has 1 aromatic carbocycles. The van der Waals surface area contributed by atoms with Gasteiger partial charge in [0.1, 0.15) is 4.90 Å². The van der Waals surface area contributed by atoms with Gasteiger partial charge in [0.2, 0.25) is 0 Å². The summed E-state index contributed by atoms with van der Waals surface area (Å²) < 4.78 is 31.3. The number of ether oxygens (including phenoxy) is 1. The van der Waals surface area contributed by atoms with Gasteiger partial charge in [-0.25, -0.2) is 8.42 Å². The fraction of sp³-hybridized carbons (Fsp3) is 0.650. The molecular weight excluding hydrogens is 430 g/mol. The molecule has 1 fully saturated rings. The van der Waals surface area contributed by atoms with E-state index in [2.05, 4.69) is 24.1 Å². The molecule has 1 atom stereocenters. The number of hydrogen-bond donors (Lipinski definition) is 1. The molecule has 8 nitrogen and oxygen atoms in total. The van der Waals surface area contributed by atoms with Crippen LogP contribution in [0.3, 0.4) is 0 Å². The van der Waals surface area contributed by atoms with Gasteiger partial charge < -0.3 is 10.1 Å². The third kappa shape index (κ3) is 5.93. The van der Waals surface area contributed by atoms with Gasteiger partial charge in [-0.2, -0.15) is 0 Å². The quantitative estimate of drug-likeness (QED) is 0.538. The van der Waals surface area contributed by atoms with E-state index in [0.717, 1.165) is 25.9 Å². The second-order valence-electron chi connectivity index (χ2n) is 7.24. The van der Waals surface area contributed by atoms with Gasteiger partial charge in [-0.1, -0.05) is 42.8 Å². The number of hydrogen-bond acceptors (Lipinski definition) is 6. The first-order valence-corrected chi connectivity index (χ1v) is 12.0. The molecule has 170 valence electrons. The molecule has 1 N–H and O–H groups in total. The van der Waals surface area contributed by atoms with Gasteiger partial charge in [-0.3, -0.25) is 14.5 Å². The van der Waals surface area contributed by atoms with Crippen molar-refractivity contribution in [2.24, 2.45) is 5.92 Å². The van der Waals surface area contributed by atoms with Crippen molar-refractivity contribution < 1.29 is 22.8 Å². The van der Waals surface area contributed by atoms with Gasteiger partial charge in [0.25, 0.3) is 15.9 Å². The average Bonchev–Trinajstić information content (AvgIpc) is 2.76. The topological polar surface area (TPSA) is 88.2 Å². The molecule has 1 aromatic rings. The van der Waals surface area contributed by atoms with Crippen molar-refractivity contribution in [2.45, 2.75) is 37.6 Å². The molecule has 0 saturated carbocycles. The summed E-state index contributed by atoms with van der Waals surface area (Å²) in [6, 6.07) is 4.41. The molecule has 1 saturated heterocycles. The van der Waals surface area contributed by atoms with Gasteiger partial charge in [-0.05, 0) is 24.1 Å². The smallest absolute Gasteiger partial charge is 0.266 e. The first-order valence-electron chi connectivity index (χ1n) is 10.2. The van der Waals surface area contributed by atoms with E-state index in [1.54, 1.807) is 0 Å². The molecule has 1 amide bonds. The molecule has 0 bridgehead atoms. The van der Waals surface area contributed by atoms with Crippen molar-refractivity contribution in [3.05, 3.63) is 28.8 Å². The maximum atomic E-state index is 12.8. The van der Waals surface area contributed by atoms with Crippen LogP contribution in [0.2, 0.25) is 5.02 Å². The van der Waals surface area contributed by atoms with Crippen molar-refractivity contribution in [3.63, 3.8) is 0 Å². The predicted octanol–water partition coefficient (Wildman–Crippen LogP) is 2.39. The molecular formula is C20H32ClN3O5S. The minimum atomic E-state index is -3.97. The summed E-state index contributed by atoms with van der Waals surface area (Å²) in [7, 11) is -1.46. The summed E-state index contributed by atoms with van der Waals surface area (Å²) in [5.41, 5.74) is 0.229. The number of carbonyl (C=O) groups is 1. The molecule has 0 aliphatic carbocycles. The lowest BCUT2D eigenvalue weighted by Gasteiger charge is -2.38. The van der Waals surface area contributed by atoms with Crippen LogP contribution in [-0.4, -0.2) is 76.7 Å². The van der Waals surface area contributed by atoms with Crippen LogP contribution in [0.25, 0.3) is 0 Å². The maximum Gasteiger partial charge on any atom is 0.266 e. The number of amides is 1. The van der Waals surface area contributed by atoms with Gasteiger partial charge >= 0.3 is 0 Å². The number of sulfonamides is 1. The van der Waals surface area contributed by atoms with E-state index >= 15 is 0 Å². The Balaban J connectivity index is 2.18. The molecule has 0 radical (unpaired) electrons. The van der Waals surface area contributed by atoms with Crippen LogP contribution in [0.15, 0.2) is 23.1 Å². The molecule has 2 rings (SSSR count). The molecule has 1 aliphatic heterocycles. The van der Waals surface area contributed by atoms with E-state index in [4.69, 9.17) is 21.2 Å². The third-order valence-corrected chi connectivity index (χ3v) is 7.81. The number of hydroxylamine groups is 1. The SMILES string of the molecule is CCC(CC)C(CNC(=O)c1ccc(Cl)c(S(=O)(=O)N(C)OC)c1)N1CCOCC1. The zero-order chi connectivity index (χ0) is 22.3. The first kappa shape index (κ1) is 25.0. The van der Waals surface area contributed by atoms with E-state index in [1.807, 2.05) is 0 Å². The number of benzene rings is 1. The zero-order valence-corrected chi connectivity index (χ0v) is 19.6. The van der Waals surface area contributed by atoms with Crippen molar-refractivity contribution in [3.8, 4) is 0 Å². The first-order chi connectivity index (χ1) is 14.3. The maximum absolute atomic E-state index is 12.8. The van der Waals surface area contributed by atoms with Crippen LogP contribution in [0.1, 0.15) is 37.0 Å². The fourth-order valence-electron chi connectivity index (χ4n) is 3.71. The highest BCUT2D eigenvalue weighted by molar-refractivity contribution is 7.89. The zero-order valence-electron chi connectivity index (χ0n) is 18.1. The van der Waals surface area contributed by atoms with Crippen LogP contribution >= 0.6 is 11.6 Å². The summed E-state index contributed by atoms with van der Waals surface area (Å²) >= 11 is 6.08. The summed E-state index contributed by atoms with van der Waals surface area (Å²) in [5, 5.41) is 3.01. The Bertz CT molecular complexity index is 811. The fourth-order valence-corrected chi connectivity index (χ4v) is 5.19. The summed E-state index contributed by atoms with van der Waals surface area (Å²) in [4.78, 5) is 19.8. The predicted molar refractivity (Wildman–Crippen MR) is 116 cm³/mol. The molecule has 1 heterocycles. The molecule has 0 spiro atoms. The highest BCUT2D eigenvalue weighted by Crippen LogP contribution is 2.25. The minimum absolute atomic E-state index is 0.0265. The summed E-state index contributed by atoms with van der Waals surface area (Å²) in [5.74, 6) is 0.104. The van der Waals surface area contributed by atoms with Crippen LogP contribution in [0.4, 0.5) is 0 Å². The van der Waals surface area contributed by atoms with Gasteiger partial charge in [0, 0.05) is 38.3 Å². The average molecular weight is 462 g/mol. The normalized spacial score (nSPS) is 16.8. The van der Waals surface area contributed by atoms with Crippen LogP contribution < -0.4 is 5.32 Å². The minimum Gasteiger partial charge on any atom is -0.379 e. The second-order valence-corrected chi connectivity index (χ2v) is 9.56. The Labute approximate surface area is 184 Å². The van der Waals surface area contributed by atoms with Crippen LogP contribution in [0.5, 0.6) is 0 Å².